The summed E-state index contributed by atoms with van der Waals surface area (Å²) in [5, 5.41) is 5.21. The number of halogens is 3. The number of carbonyl (C=O) groups excluding carboxylic acids is 1. The molecule has 3 aromatic rings. The van der Waals surface area contributed by atoms with Crippen LogP contribution < -0.4 is 10.1 Å². The molecule has 4 nitrogen and oxygen atoms in total. The quantitative estimate of drug-likeness (QED) is 0.628. The summed E-state index contributed by atoms with van der Waals surface area (Å²) in [6, 6.07) is 8.43. The van der Waals surface area contributed by atoms with Crippen molar-refractivity contribution in [2.24, 2.45) is 0 Å². The molecule has 2 heterocycles. The van der Waals surface area contributed by atoms with Crippen molar-refractivity contribution in [3.63, 3.8) is 0 Å². The zero-order valence-electron chi connectivity index (χ0n) is 13.5. The third kappa shape index (κ3) is 4.61. The van der Waals surface area contributed by atoms with Crippen LogP contribution in [-0.2, 0) is 0 Å². The van der Waals surface area contributed by atoms with Gasteiger partial charge < -0.3 is 10.1 Å². The van der Waals surface area contributed by atoms with E-state index in [4.69, 9.17) is 4.74 Å². The number of amides is 1. The smallest absolute Gasteiger partial charge is 0.422 e. The number of nitrogens with one attached hydrogen (secondary N) is 1. The highest BCUT2D eigenvalue weighted by molar-refractivity contribution is 7.22. The van der Waals surface area contributed by atoms with E-state index in [2.05, 4.69) is 10.3 Å². The molecular weight excluding hydrogens is 385 g/mol. The summed E-state index contributed by atoms with van der Waals surface area (Å²) in [7, 11) is 0. The number of aryl methyl sites for hydroxylation is 1. The summed E-state index contributed by atoms with van der Waals surface area (Å²) in [5.41, 5.74) is 0.897. The van der Waals surface area contributed by atoms with Gasteiger partial charge in [-0.3, -0.25) is 4.79 Å². The molecule has 26 heavy (non-hydrogen) atoms. The Morgan fingerprint density at radius 1 is 1.31 bits per heavy atom. The van der Waals surface area contributed by atoms with Gasteiger partial charge in [0.25, 0.3) is 5.91 Å². The fourth-order valence-corrected chi connectivity index (χ4v) is 3.70. The van der Waals surface area contributed by atoms with Crippen LogP contribution in [0.15, 0.2) is 41.9 Å². The van der Waals surface area contributed by atoms with Crippen molar-refractivity contribution in [3.8, 4) is 15.6 Å². The van der Waals surface area contributed by atoms with Crippen LogP contribution in [0.25, 0.3) is 9.88 Å². The first-order chi connectivity index (χ1) is 12.3. The number of anilines is 1. The maximum absolute atomic E-state index is 12.4. The van der Waals surface area contributed by atoms with Gasteiger partial charge in [-0.25, -0.2) is 4.98 Å². The van der Waals surface area contributed by atoms with Crippen molar-refractivity contribution in [1.82, 2.24) is 4.98 Å². The highest BCUT2D eigenvalue weighted by atomic mass is 32.1. The molecule has 0 fully saturated rings. The minimum atomic E-state index is -4.46. The number of rotatable bonds is 5. The van der Waals surface area contributed by atoms with E-state index in [1.54, 1.807) is 13.0 Å². The first-order valence-electron chi connectivity index (χ1n) is 7.43. The Morgan fingerprint density at radius 2 is 2.12 bits per heavy atom. The van der Waals surface area contributed by atoms with Crippen LogP contribution in [0.4, 0.5) is 18.9 Å². The van der Waals surface area contributed by atoms with Crippen molar-refractivity contribution in [1.29, 1.82) is 0 Å². The largest absolute Gasteiger partial charge is 0.482 e. The van der Waals surface area contributed by atoms with Crippen molar-refractivity contribution in [2.75, 3.05) is 11.9 Å². The molecule has 0 aliphatic heterocycles. The molecule has 0 saturated heterocycles. The molecule has 0 bridgehead atoms. The molecule has 0 aliphatic carbocycles. The SMILES string of the molecule is Cc1ccc(NC(=O)c2cnc(-c3cccs3)s2)c(OCC(F)(F)F)c1. The van der Waals surface area contributed by atoms with Crippen molar-refractivity contribution >= 4 is 34.3 Å². The molecule has 3 rings (SSSR count). The Labute approximate surface area is 155 Å². The van der Waals surface area contributed by atoms with Crippen LogP contribution in [0.5, 0.6) is 5.75 Å². The number of ether oxygens (including phenoxy) is 1. The maximum atomic E-state index is 12.4. The fourth-order valence-electron chi connectivity index (χ4n) is 2.09. The highest BCUT2D eigenvalue weighted by Gasteiger charge is 2.29. The van der Waals surface area contributed by atoms with Gasteiger partial charge in [0.15, 0.2) is 6.61 Å². The van der Waals surface area contributed by atoms with E-state index in [0.29, 0.717) is 9.88 Å². The summed E-state index contributed by atoms with van der Waals surface area (Å²) >= 11 is 2.72. The third-order valence-corrected chi connectivity index (χ3v) is 5.27. The van der Waals surface area contributed by atoms with Crippen LogP contribution in [0.3, 0.4) is 0 Å². The number of benzene rings is 1. The number of nitrogens with zero attached hydrogens (tertiary/aromatic N) is 1. The normalized spacial score (nSPS) is 11.4. The molecule has 0 radical (unpaired) electrons. The lowest BCUT2D eigenvalue weighted by Crippen LogP contribution is -2.20. The van der Waals surface area contributed by atoms with E-state index in [1.807, 2.05) is 17.5 Å². The second-order valence-corrected chi connectivity index (χ2v) is 7.34. The van der Waals surface area contributed by atoms with E-state index in [9.17, 15) is 18.0 Å². The summed E-state index contributed by atoms with van der Waals surface area (Å²) < 4.78 is 42.1. The van der Waals surface area contributed by atoms with Gasteiger partial charge in [0.1, 0.15) is 15.6 Å². The van der Waals surface area contributed by atoms with E-state index < -0.39 is 18.7 Å². The number of aromatic nitrogens is 1. The molecule has 9 heteroatoms. The van der Waals surface area contributed by atoms with Gasteiger partial charge in [-0.15, -0.1) is 22.7 Å². The standard InChI is InChI=1S/C17H13F3N2O2S2/c1-10-4-5-11(12(7-10)24-9-17(18,19)20)22-15(23)14-8-21-16(26-14)13-3-2-6-25-13/h2-8H,9H2,1H3,(H,22,23). The number of hydrogen-bond donors (Lipinski definition) is 1. The molecule has 1 aromatic carbocycles. The first kappa shape index (κ1) is 18.4. The summed E-state index contributed by atoms with van der Waals surface area (Å²) in [4.78, 5) is 17.9. The molecule has 0 aliphatic rings. The second kappa shape index (κ2) is 7.46. The second-order valence-electron chi connectivity index (χ2n) is 5.36. The zero-order chi connectivity index (χ0) is 18.7. The lowest BCUT2D eigenvalue weighted by atomic mass is 10.2. The van der Waals surface area contributed by atoms with Gasteiger partial charge in [-0.2, -0.15) is 13.2 Å². The van der Waals surface area contributed by atoms with E-state index in [0.717, 1.165) is 10.4 Å². The molecule has 0 unspecified atom stereocenters. The van der Waals surface area contributed by atoms with Crippen molar-refractivity contribution in [3.05, 3.63) is 52.3 Å². The molecular formula is C17H13F3N2O2S2. The molecule has 2 aromatic heterocycles. The van der Waals surface area contributed by atoms with E-state index in [-0.39, 0.29) is 11.4 Å². The molecule has 1 N–H and O–H groups in total. The molecule has 136 valence electrons. The van der Waals surface area contributed by atoms with Crippen molar-refractivity contribution in [2.45, 2.75) is 13.1 Å². The molecule has 0 spiro atoms. The predicted molar refractivity (Wildman–Crippen MR) is 96.1 cm³/mol. The van der Waals surface area contributed by atoms with Crippen LogP contribution in [0.1, 0.15) is 15.2 Å². The van der Waals surface area contributed by atoms with Crippen LogP contribution in [0.2, 0.25) is 0 Å². The first-order valence-corrected chi connectivity index (χ1v) is 9.13. The molecule has 0 atom stereocenters. The lowest BCUT2D eigenvalue weighted by Gasteiger charge is -2.14. The fraction of sp³-hybridized carbons (Fsp3) is 0.176. The number of thiophene rings is 1. The summed E-state index contributed by atoms with van der Waals surface area (Å²) in [6.45, 7) is 0.297. The monoisotopic (exact) mass is 398 g/mol. The zero-order valence-corrected chi connectivity index (χ0v) is 15.1. The Hall–Kier alpha value is -2.39. The maximum Gasteiger partial charge on any atom is 0.422 e. The Morgan fingerprint density at radius 3 is 2.81 bits per heavy atom. The minimum absolute atomic E-state index is 0.0290. The number of alkyl halides is 3. The number of carbonyl (C=O) groups is 1. The third-order valence-electron chi connectivity index (χ3n) is 3.24. The average Bonchev–Trinajstić information content (AvgIpc) is 3.25. The Bertz CT molecular complexity index is 905. The predicted octanol–water partition coefficient (Wildman–Crippen LogP) is 5.37. The van der Waals surface area contributed by atoms with Gasteiger partial charge in [-0.1, -0.05) is 12.1 Å². The number of hydrogen-bond acceptors (Lipinski definition) is 5. The van der Waals surface area contributed by atoms with Crippen LogP contribution in [0, 0.1) is 6.92 Å². The number of thiazole rings is 1. The molecule has 0 saturated carbocycles. The van der Waals surface area contributed by atoms with Crippen LogP contribution in [-0.4, -0.2) is 23.7 Å². The van der Waals surface area contributed by atoms with E-state index in [1.165, 1.54) is 41.0 Å². The van der Waals surface area contributed by atoms with Gasteiger partial charge >= 0.3 is 6.18 Å². The topological polar surface area (TPSA) is 51.2 Å². The minimum Gasteiger partial charge on any atom is -0.482 e. The summed E-state index contributed by atoms with van der Waals surface area (Å²) in [6.07, 6.45) is -3.02. The van der Waals surface area contributed by atoms with Crippen LogP contribution >= 0.6 is 22.7 Å². The lowest BCUT2D eigenvalue weighted by molar-refractivity contribution is -0.153. The highest BCUT2D eigenvalue weighted by Crippen LogP contribution is 2.31. The molecule has 1 amide bonds. The van der Waals surface area contributed by atoms with E-state index >= 15 is 0 Å². The summed E-state index contributed by atoms with van der Waals surface area (Å²) in [5.74, 6) is -0.482. The van der Waals surface area contributed by atoms with Gasteiger partial charge in [0.2, 0.25) is 0 Å². The average molecular weight is 398 g/mol. The Kier molecular flexibility index (Phi) is 5.28. The van der Waals surface area contributed by atoms with Gasteiger partial charge in [-0.05, 0) is 36.1 Å². The van der Waals surface area contributed by atoms with Gasteiger partial charge in [0, 0.05) is 0 Å². The Balaban J connectivity index is 1.77. The van der Waals surface area contributed by atoms with Crippen molar-refractivity contribution < 1.29 is 22.7 Å². The van der Waals surface area contributed by atoms with Gasteiger partial charge in [0.05, 0.1) is 16.8 Å².